The third-order valence-corrected chi connectivity index (χ3v) is 13.0. The molecule has 0 bridgehead atoms. The number of likely N-dealkylation sites (N-methyl/N-ethyl adjacent to an activating group) is 1. The summed E-state index contributed by atoms with van der Waals surface area (Å²) in [5, 5.41) is 7.41. The van der Waals surface area contributed by atoms with Gasteiger partial charge in [0.05, 0.1) is 22.8 Å². The molecule has 3 heterocycles. The molecular weight excluding hydrogens is 534 g/mol. The fraction of sp³-hybridized carbons (Fsp3) is 0.645. The van der Waals surface area contributed by atoms with Gasteiger partial charge in [-0.25, -0.2) is 9.78 Å². The molecule has 4 rings (SSSR count). The van der Waals surface area contributed by atoms with Gasteiger partial charge in [0.25, 0.3) is 0 Å². The third kappa shape index (κ3) is 7.03. The Labute approximate surface area is 246 Å². The second-order valence-corrected chi connectivity index (χ2v) is 18.9. The number of hydrogen-bond donors (Lipinski definition) is 1. The minimum absolute atomic E-state index is 0.0945. The van der Waals surface area contributed by atoms with Crippen molar-refractivity contribution in [2.75, 3.05) is 26.7 Å². The van der Waals surface area contributed by atoms with Crippen LogP contribution in [0.25, 0.3) is 22.2 Å². The zero-order valence-corrected chi connectivity index (χ0v) is 27.8. The summed E-state index contributed by atoms with van der Waals surface area (Å²) < 4.78 is 20.0. The van der Waals surface area contributed by atoms with Gasteiger partial charge in [-0.1, -0.05) is 32.0 Å². The molecule has 10 heteroatoms. The van der Waals surface area contributed by atoms with Gasteiger partial charge in [0.15, 0.2) is 8.32 Å². The van der Waals surface area contributed by atoms with Crippen molar-refractivity contribution in [3.05, 3.63) is 35.5 Å². The van der Waals surface area contributed by atoms with Gasteiger partial charge in [0.1, 0.15) is 17.2 Å². The molecular formula is C31H49N5O4Si. The number of aromatic nitrogens is 3. The number of hydrogen-bond acceptors (Lipinski definition) is 7. The Kier molecular flexibility index (Phi) is 8.79. The zero-order valence-electron chi connectivity index (χ0n) is 26.8. The number of carbonyl (C=O) groups excluding carboxylic acids is 1. The molecule has 1 aromatic carbocycles. The molecule has 3 aromatic rings. The highest BCUT2D eigenvalue weighted by Crippen LogP contribution is 2.38. The maximum atomic E-state index is 13.1. The van der Waals surface area contributed by atoms with Crippen LogP contribution in [0.1, 0.15) is 83.7 Å². The summed E-state index contributed by atoms with van der Waals surface area (Å²) in [6.07, 6.45) is 1.16. The number of alkyl carbamates (subject to hydrolysis) is 1. The van der Waals surface area contributed by atoms with Crippen LogP contribution in [0.3, 0.4) is 0 Å². The number of rotatable bonds is 8. The zero-order chi connectivity index (χ0) is 30.3. The highest BCUT2D eigenvalue weighted by atomic mass is 28.4. The van der Waals surface area contributed by atoms with Crippen LogP contribution >= 0.6 is 0 Å². The number of imidazole rings is 1. The van der Waals surface area contributed by atoms with Crippen LogP contribution in [0.15, 0.2) is 22.7 Å². The van der Waals surface area contributed by atoms with Crippen molar-refractivity contribution < 1.29 is 18.5 Å². The summed E-state index contributed by atoms with van der Waals surface area (Å²) >= 11 is 0. The molecule has 2 atom stereocenters. The van der Waals surface area contributed by atoms with Crippen molar-refractivity contribution in [2.45, 2.75) is 104 Å². The molecule has 2 aromatic heterocycles. The van der Waals surface area contributed by atoms with E-state index in [4.69, 9.17) is 18.7 Å². The van der Waals surface area contributed by atoms with Crippen LogP contribution in [0, 0.1) is 13.8 Å². The summed E-state index contributed by atoms with van der Waals surface area (Å²) in [5.74, 6) is 1.62. The lowest BCUT2D eigenvalue weighted by Crippen LogP contribution is -2.42. The number of amides is 1. The summed E-state index contributed by atoms with van der Waals surface area (Å²) in [4.78, 5) is 20.7. The normalized spacial score (nSPS) is 17.8. The van der Waals surface area contributed by atoms with Gasteiger partial charge in [-0.3, -0.25) is 0 Å². The van der Waals surface area contributed by atoms with E-state index in [0.717, 1.165) is 58.9 Å². The molecule has 1 N–H and O–H groups in total. The second-order valence-electron chi connectivity index (χ2n) is 14.0. The molecule has 0 aliphatic carbocycles. The number of aryl methyl sites for hydroxylation is 2. The van der Waals surface area contributed by atoms with E-state index in [1.807, 2.05) is 34.6 Å². The first-order chi connectivity index (χ1) is 19.0. The minimum atomic E-state index is -1.97. The molecule has 1 aliphatic heterocycles. The predicted octanol–water partition coefficient (Wildman–Crippen LogP) is 7.16. The Morgan fingerprint density at radius 2 is 1.90 bits per heavy atom. The van der Waals surface area contributed by atoms with Crippen LogP contribution in [-0.4, -0.2) is 66.4 Å². The van der Waals surface area contributed by atoms with Crippen molar-refractivity contribution in [1.29, 1.82) is 0 Å². The number of ether oxygens (including phenoxy) is 1. The fourth-order valence-electron chi connectivity index (χ4n) is 5.28. The van der Waals surface area contributed by atoms with E-state index in [1.165, 1.54) is 0 Å². The molecule has 1 amide bonds. The van der Waals surface area contributed by atoms with Crippen LogP contribution in [0.2, 0.25) is 18.1 Å². The average Bonchev–Trinajstić information content (AvgIpc) is 3.52. The van der Waals surface area contributed by atoms with Crippen LogP contribution in [-0.2, 0) is 9.16 Å². The summed E-state index contributed by atoms with van der Waals surface area (Å²) in [6.45, 7) is 23.2. The van der Waals surface area contributed by atoms with E-state index in [1.54, 1.807) is 0 Å². The van der Waals surface area contributed by atoms with Crippen molar-refractivity contribution in [3.63, 3.8) is 0 Å². The van der Waals surface area contributed by atoms with Crippen LogP contribution in [0.5, 0.6) is 0 Å². The van der Waals surface area contributed by atoms with Crippen molar-refractivity contribution >= 4 is 25.4 Å². The van der Waals surface area contributed by atoms with Gasteiger partial charge in [-0.2, -0.15) is 0 Å². The largest absolute Gasteiger partial charge is 0.444 e. The molecule has 41 heavy (non-hydrogen) atoms. The van der Waals surface area contributed by atoms with E-state index in [9.17, 15) is 4.79 Å². The van der Waals surface area contributed by atoms with Gasteiger partial charge in [0, 0.05) is 24.8 Å². The monoisotopic (exact) mass is 583 g/mol. The minimum Gasteiger partial charge on any atom is -0.444 e. The molecule has 0 radical (unpaired) electrons. The predicted molar refractivity (Wildman–Crippen MR) is 166 cm³/mol. The number of nitrogens with zero attached hydrogens (tertiary/aromatic N) is 4. The second kappa shape index (κ2) is 11.5. The Balaban J connectivity index is 1.77. The highest BCUT2D eigenvalue weighted by molar-refractivity contribution is 6.74. The standard InChI is InChI=1S/C31H49N5O4Si/c1-20-27(21(2)40-34-20)22-12-13-26-25(18-22)32-28(36(26)23-14-16-35(9)19-23)24(33-29(37)39-30(3,4)5)15-17-38-41(10,11)31(6,7)8/h12-13,18,23-24H,14-17,19H2,1-11H3,(H,33,37)/t23-,24+/m1/s1. The van der Waals surface area contributed by atoms with E-state index in [-0.39, 0.29) is 17.1 Å². The Morgan fingerprint density at radius 1 is 1.20 bits per heavy atom. The molecule has 1 fully saturated rings. The van der Waals surface area contributed by atoms with Crippen LogP contribution in [0.4, 0.5) is 4.79 Å². The third-order valence-electron chi connectivity index (χ3n) is 8.45. The molecule has 226 valence electrons. The van der Waals surface area contributed by atoms with Crippen LogP contribution < -0.4 is 5.32 Å². The number of likely N-dealkylation sites (tertiary alicyclic amines) is 1. The lowest BCUT2D eigenvalue weighted by atomic mass is 10.0. The van der Waals surface area contributed by atoms with Gasteiger partial charge in [-0.15, -0.1) is 0 Å². The first-order valence-corrected chi connectivity index (χ1v) is 17.6. The molecule has 0 saturated carbocycles. The Morgan fingerprint density at radius 3 is 2.46 bits per heavy atom. The molecule has 1 saturated heterocycles. The van der Waals surface area contributed by atoms with Gasteiger partial charge in [-0.05, 0) is 96.9 Å². The van der Waals surface area contributed by atoms with E-state index >= 15 is 0 Å². The van der Waals surface area contributed by atoms with Crippen molar-refractivity contribution in [2.24, 2.45) is 0 Å². The smallest absolute Gasteiger partial charge is 0.408 e. The first kappa shape index (κ1) is 31.2. The Bertz CT molecular complexity index is 1360. The summed E-state index contributed by atoms with van der Waals surface area (Å²) in [5.41, 5.74) is 4.20. The van der Waals surface area contributed by atoms with E-state index in [2.05, 4.69) is 79.1 Å². The molecule has 0 unspecified atom stereocenters. The average molecular weight is 584 g/mol. The Hall–Kier alpha value is -2.69. The van der Waals surface area contributed by atoms with E-state index in [0.29, 0.717) is 13.0 Å². The number of nitrogens with one attached hydrogen (secondary N) is 1. The molecule has 9 nitrogen and oxygen atoms in total. The highest BCUT2D eigenvalue weighted by Gasteiger charge is 2.38. The topological polar surface area (TPSA) is 94.6 Å². The first-order valence-electron chi connectivity index (χ1n) is 14.7. The maximum Gasteiger partial charge on any atom is 0.408 e. The lowest BCUT2D eigenvalue weighted by Gasteiger charge is -2.36. The SMILES string of the molecule is Cc1noc(C)c1-c1ccc2c(c1)nc([C@H](CCO[Si](C)(C)C(C)(C)C)NC(=O)OC(C)(C)C)n2[C@@H]1CCN(C)C1. The number of carbonyl (C=O) groups is 1. The molecule has 1 aliphatic rings. The summed E-state index contributed by atoms with van der Waals surface area (Å²) in [7, 11) is 0.178. The number of fused-ring (bicyclic) bond motifs is 1. The lowest BCUT2D eigenvalue weighted by molar-refractivity contribution is 0.0492. The molecule has 0 spiro atoms. The number of benzene rings is 1. The quantitative estimate of drug-likeness (QED) is 0.281. The maximum absolute atomic E-state index is 13.1. The van der Waals surface area contributed by atoms with E-state index < -0.39 is 20.0 Å². The van der Waals surface area contributed by atoms with Gasteiger partial charge >= 0.3 is 6.09 Å². The van der Waals surface area contributed by atoms with Crippen molar-refractivity contribution in [3.8, 4) is 11.1 Å². The fourth-order valence-corrected chi connectivity index (χ4v) is 6.35. The summed E-state index contributed by atoms with van der Waals surface area (Å²) in [6, 6.07) is 6.23. The van der Waals surface area contributed by atoms with Gasteiger partial charge < -0.3 is 28.5 Å². The van der Waals surface area contributed by atoms with Gasteiger partial charge in [0.2, 0.25) is 0 Å². The van der Waals surface area contributed by atoms with Crippen molar-refractivity contribution in [1.82, 2.24) is 24.9 Å².